The maximum atomic E-state index is 12.8. The van der Waals surface area contributed by atoms with Crippen molar-refractivity contribution in [2.75, 3.05) is 4.72 Å². The van der Waals surface area contributed by atoms with Gasteiger partial charge in [-0.05, 0) is 29.8 Å². The number of rotatable bonds is 5. The average molecular weight is 382 g/mol. The van der Waals surface area contributed by atoms with Gasteiger partial charge in [-0.1, -0.05) is 24.3 Å². The highest BCUT2D eigenvalue weighted by Gasteiger charge is 2.31. The lowest BCUT2D eigenvalue weighted by Crippen LogP contribution is -2.16. The first-order valence-electron chi connectivity index (χ1n) is 7.36. The van der Waals surface area contributed by atoms with Crippen molar-refractivity contribution in [2.24, 2.45) is 0 Å². The fraction of sp³-hybridized carbons (Fsp3) is 0.125. The summed E-state index contributed by atoms with van der Waals surface area (Å²) in [4.78, 5) is 3.34. The van der Waals surface area contributed by atoms with Gasteiger partial charge in [0.25, 0.3) is 10.0 Å². The van der Waals surface area contributed by atoms with E-state index >= 15 is 0 Å². The molecular weight excluding hydrogens is 369 g/mol. The molecule has 3 rings (SSSR count). The van der Waals surface area contributed by atoms with E-state index in [9.17, 15) is 21.6 Å². The normalized spacial score (nSPS) is 12.1. The molecule has 0 spiro atoms. The van der Waals surface area contributed by atoms with Gasteiger partial charge in [-0.25, -0.2) is 18.1 Å². The largest absolute Gasteiger partial charge is 0.416 e. The molecule has 6 nitrogen and oxygen atoms in total. The third-order valence-corrected chi connectivity index (χ3v) is 4.90. The van der Waals surface area contributed by atoms with E-state index < -0.39 is 26.7 Å². The number of anilines is 1. The van der Waals surface area contributed by atoms with Gasteiger partial charge < -0.3 is 0 Å². The van der Waals surface area contributed by atoms with Crippen LogP contribution in [-0.2, 0) is 22.7 Å². The summed E-state index contributed by atoms with van der Waals surface area (Å²) < 4.78 is 67.4. The molecule has 2 aromatic carbocycles. The first-order chi connectivity index (χ1) is 12.3. The summed E-state index contributed by atoms with van der Waals surface area (Å²) in [5, 5.41) is 3.95. The monoisotopic (exact) mass is 382 g/mol. The lowest BCUT2D eigenvalue weighted by Gasteiger charge is -2.14. The molecule has 0 fully saturated rings. The number of hydrogen-bond donors (Lipinski definition) is 1. The molecule has 0 unspecified atom stereocenters. The van der Waals surface area contributed by atoms with Crippen LogP contribution in [0.4, 0.5) is 18.9 Å². The molecule has 10 heteroatoms. The SMILES string of the molecule is O=S(=O)(Nc1ccccc1Cn1cncn1)c1cccc(C(F)(F)F)c1. The molecule has 0 aliphatic heterocycles. The van der Waals surface area contributed by atoms with Crippen LogP contribution in [-0.4, -0.2) is 23.2 Å². The quantitative estimate of drug-likeness (QED) is 0.736. The number of para-hydroxylation sites is 1. The van der Waals surface area contributed by atoms with Crippen molar-refractivity contribution < 1.29 is 21.6 Å². The molecule has 3 aromatic rings. The molecule has 136 valence electrons. The predicted molar refractivity (Wildman–Crippen MR) is 87.8 cm³/mol. The van der Waals surface area contributed by atoms with E-state index in [1.807, 2.05) is 0 Å². The zero-order valence-corrected chi connectivity index (χ0v) is 14.0. The van der Waals surface area contributed by atoms with E-state index in [2.05, 4.69) is 14.8 Å². The van der Waals surface area contributed by atoms with Gasteiger partial charge in [0.2, 0.25) is 0 Å². The van der Waals surface area contributed by atoms with Gasteiger partial charge >= 0.3 is 6.18 Å². The molecule has 0 amide bonds. The Morgan fingerprint density at radius 3 is 2.54 bits per heavy atom. The Bertz CT molecular complexity index is 1000. The van der Waals surface area contributed by atoms with Crippen LogP contribution in [0.5, 0.6) is 0 Å². The maximum Gasteiger partial charge on any atom is 0.416 e. The standard InChI is InChI=1S/C16H13F3N4O2S/c17-16(18,19)13-5-3-6-14(8-13)26(24,25)22-15-7-2-1-4-12(15)9-23-11-20-10-21-23/h1-8,10-11,22H,9H2. The van der Waals surface area contributed by atoms with Gasteiger partial charge in [0.1, 0.15) is 12.7 Å². The number of alkyl halides is 3. The molecule has 0 aliphatic carbocycles. The van der Waals surface area contributed by atoms with Crippen molar-refractivity contribution in [1.82, 2.24) is 14.8 Å². The Labute approximate surface area is 147 Å². The summed E-state index contributed by atoms with van der Waals surface area (Å²) in [7, 11) is -4.19. The average Bonchev–Trinajstić information content (AvgIpc) is 3.09. The molecular formula is C16H13F3N4O2S. The smallest absolute Gasteiger partial charge is 0.279 e. The van der Waals surface area contributed by atoms with Crippen molar-refractivity contribution in [2.45, 2.75) is 17.6 Å². The number of benzene rings is 2. The summed E-state index contributed by atoms with van der Waals surface area (Å²) in [6.45, 7) is 0.251. The van der Waals surface area contributed by atoms with E-state index in [-0.39, 0.29) is 12.2 Å². The summed E-state index contributed by atoms with van der Waals surface area (Å²) >= 11 is 0. The Morgan fingerprint density at radius 2 is 1.85 bits per heavy atom. The molecule has 1 N–H and O–H groups in total. The Morgan fingerprint density at radius 1 is 1.08 bits per heavy atom. The lowest BCUT2D eigenvalue weighted by molar-refractivity contribution is -0.137. The molecule has 0 bridgehead atoms. The van der Waals surface area contributed by atoms with Gasteiger partial charge in [-0.3, -0.25) is 4.72 Å². The summed E-state index contributed by atoms with van der Waals surface area (Å²) in [6, 6.07) is 10.1. The number of halogens is 3. The molecule has 0 aliphatic rings. The number of nitrogens with one attached hydrogen (secondary N) is 1. The topological polar surface area (TPSA) is 76.9 Å². The fourth-order valence-corrected chi connectivity index (χ4v) is 3.44. The van der Waals surface area contributed by atoms with E-state index in [1.54, 1.807) is 18.2 Å². The van der Waals surface area contributed by atoms with E-state index in [0.717, 1.165) is 18.2 Å². The summed E-state index contributed by atoms with van der Waals surface area (Å²) in [6.07, 6.45) is -1.82. The molecule has 0 atom stereocenters. The van der Waals surface area contributed by atoms with Crippen LogP contribution in [0.3, 0.4) is 0 Å². The minimum atomic E-state index is -4.63. The van der Waals surface area contributed by atoms with Crippen molar-refractivity contribution >= 4 is 15.7 Å². The van der Waals surface area contributed by atoms with Crippen LogP contribution in [0.15, 0.2) is 66.1 Å². The van der Waals surface area contributed by atoms with Crippen molar-refractivity contribution in [3.05, 3.63) is 72.3 Å². The Balaban J connectivity index is 1.91. The van der Waals surface area contributed by atoms with Gasteiger partial charge in [0, 0.05) is 0 Å². The van der Waals surface area contributed by atoms with E-state index in [1.165, 1.54) is 23.4 Å². The van der Waals surface area contributed by atoms with Crippen molar-refractivity contribution in [1.29, 1.82) is 0 Å². The molecule has 0 radical (unpaired) electrons. The minimum Gasteiger partial charge on any atom is -0.279 e. The number of hydrogen-bond acceptors (Lipinski definition) is 4. The van der Waals surface area contributed by atoms with Gasteiger partial charge in [-0.2, -0.15) is 18.3 Å². The molecule has 0 saturated heterocycles. The highest BCUT2D eigenvalue weighted by Crippen LogP contribution is 2.31. The van der Waals surface area contributed by atoms with Crippen LogP contribution >= 0.6 is 0 Å². The van der Waals surface area contributed by atoms with Gasteiger partial charge in [0.15, 0.2) is 0 Å². The molecule has 0 saturated carbocycles. The fourth-order valence-electron chi connectivity index (χ4n) is 2.29. The second-order valence-corrected chi connectivity index (χ2v) is 7.06. The summed E-state index contributed by atoms with van der Waals surface area (Å²) in [5.41, 5.74) is -0.190. The lowest BCUT2D eigenvalue weighted by atomic mass is 10.2. The van der Waals surface area contributed by atoms with E-state index in [0.29, 0.717) is 11.6 Å². The molecule has 1 heterocycles. The van der Waals surface area contributed by atoms with Crippen LogP contribution in [0.2, 0.25) is 0 Å². The highest BCUT2D eigenvalue weighted by molar-refractivity contribution is 7.92. The third-order valence-electron chi connectivity index (χ3n) is 3.53. The first-order valence-corrected chi connectivity index (χ1v) is 8.84. The van der Waals surface area contributed by atoms with Crippen LogP contribution in [0, 0.1) is 0 Å². The van der Waals surface area contributed by atoms with Crippen LogP contribution < -0.4 is 4.72 Å². The third kappa shape index (κ3) is 4.02. The molecule has 26 heavy (non-hydrogen) atoms. The van der Waals surface area contributed by atoms with Gasteiger partial charge in [0.05, 0.1) is 22.7 Å². The van der Waals surface area contributed by atoms with Crippen molar-refractivity contribution in [3.63, 3.8) is 0 Å². The highest BCUT2D eigenvalue weighted by atomic mass is 32.2. The number of sulfonamides is 1. The zero-order valence-electron chi connectivity index (χ0n) is 13.2. The minimum absolute atomic E-state index is 0.250. The molecule has 1 aromatic heterocycles. The second-order valence-electron chi connectivity index (χ2n) is 5.38. The Hall–Kier alpha value is -2.88. The predicted octanol–water partition coefficient (Wildman–Crippen LogP) is 3.15. The first kappa shape index (κ1) is 17.9. The van der Waals surface area contributed by atoms with E-state index in [4.69, 9.17) is 0 Å². The number of aromatic nitrogens is 3. The summed E-state index contributed by atoms with van der Waals surface area (Å²) in [5.74, 6) is 0. The number of nitrogens with zero attached hydrogens (tertiary/aromatic N) is 3. The van der Waals surface area contributed by atoms with Crippen LogP contribution in [0.25, 0.3) is 0 Å². The second kappa shape index (κ2) is 6.79. The van der Waals surface area contributed by atoms with Crippen molar-refractivity contribution in [3.8, 4) is 0 Å². The zero-order chi connectivity index (χ0) is 18.8. The maximum absolute atomic E-state index is 12.8. The van der Waals surface area contributed by atoms with Crippen LogP contribution in [0.1, 0.15) is 11.1 Å². The Kier molecular flexibility index (Phi) is 4.68. The van der Waals surface area contributed by atoms with Gasteiger partial charge in [-0.15, -0.1) is 0 Å².